The molecule has 26 heavy (non-hydrogen) atoms. The zero-order valence-corrected chi connectivity index (χ0v) is 15.1. The Balaban J connectivity index is 1.51. The Labute approximate surface area is 151 Å². The van der Waals surface area contributed by atoms with Crippen LogP contribution in [0.4, 0.5) is 0 Å². The summed E-state index contributed by atoms with van der Waals surface area (Å²) in [6, 6.07) is 1.53. The van der Waals surface area contributed by atoms with Gasteiger partial charge in [-0.1, -0.05) is 11.6 Å². The first-order valence-corrected chi connectivity index (χ1v) is 9.18. The zero-order chi connectivity index (χ0) is 17.9. The van der Waals surface area contributed by atoms with Crippen molar-refractivity contribution in [1.82, 2.24) is 30.0 Å². The van der Waals surface area contributed by atoms with Crippen molar-refractivity contribution in [2.24, 2.45) is 0 Å². The van der Waals surface area contributed by atoms with Crippen molar-refractivity contribution >= 4 is 5.91 Å². The second-order valence-corrected chi connectivity index (χ2v) is 6.86. The van der Waals surface area contributed by atoms with Crippen molar-refractivity contribution in [3.8, 4) is 5.88 Å². The van der Waals surface area contributed by atoms with Gasteiger partial charge in [0.1, 0.15) is 5.69 Å². The lowest BCUT2D eigenvalue weighted by atomic mass is 10.1. The third-order valence-electron chi connectivity index (χ3n) is 5.07. The number of carbonyl (C=O) groups excluding carboxylic acids is 1. The van der Waals surface area contributed by atoms with E-state index in [0.29, 0.717) is 19.0 Å². The van der Waals surface area contributed by atoms with Gasteiger partial charge in [-0.2, -0.15) is 0 Å². The molecule has 0 aliphatic carbocycles. The SMILES string of the molecule is COc1cc(C(=O)N2CCCn3nnc(CN4CCCCC4)c3C2)on1. The van der Waals surface area contributed by atoms with Crippen LogP contribution in [0.1, 0.15) is 47.6 Å². The molecule has 0 saturated carbocycles. The van der Waals surface area contributed by atoms with Gasteiger partial charge < -0.3 is 14.2 Å². The first kappa shape index (κ1) is 17.0. The summed E-state index contributed by atoms with van der Waals surface area (Å²) < 4.78 is 12.1. The first-order valence-electron chi connectivity index (χ1n) is 9.18. The summed E-state index contributed by atoms with van der Waals surface area (Å²) in [4.78, 5) is 17.0. The molecule has 4 heterocycles. The maximum atomic E-state index is 12.8. The van der Waals surface area contributed by atoms with Gasteiger partial charge in [0.25, 0.3) is 11.8 Å². The average Bonchev–Trinajstić information content (AvgIpc) is 3.23. The highest BCUT2D eigenvalue weighted by Crippen LogP contribution is 2.21. The van der Waals surface area contributed by atoms with E-state index in [9.17, 15) is 4.79 Å². The van der Waals surface area contributed by atoms with Crippen LogP contribution in [-0.4, -0.2) is 62.6 Å². The maximum Gasteiger partial charge on any atom is 0.292 e. The number of fused-ring (bicyclic) bond motifs is 1. The van der Waals surface area contributed by atoms with Crippen LogP contribution in [0.15, 0.2) is 10.6 Å². The summed E-state index contributed by atoms with van der Waals surface area (Å²) in [5.74, 6) is 0.320. The fourth-order valence-corrected chi connectivity index (χ4v) is 3.63. The van der Waals surface area contributed by atoms with Crippen LogP contribution in [0.5, 0.6) is 5.88 Å². The summed E-state index contributed by atoms with van der Waals surface area (Å²) in [6.45, 7) is 4.91. The van der Waals surface area contributed by atoms with Gasteiger partial charge in [0.2, 0.25) is 5.76 Å². The van der Waals surface area contributed by atoms with E-state index in [2.05, 4.69) is 20.4 Å². The number of piperidine rings is 1. The van der Waals surface area contributed by atoms with Crippen LogP contribution in [-0.2, 0) is 19.6 Å². The van der Waals surface area contributed by atoms with Gasteiger partial charge in [-0.3, -0.25) is 9.69 Å². The molecule has 0 N–H and O–H groups in total. The van der Waals surface area contributed by atoms with E-state index in [-0.39, 0.29) is 11.7 Å². The molecule has 2 aromatic heterocycles. The van der Waals surface area contributed by atoms with E-state index in [1.54, 1.807) is 4.90 Å². The highest BCUT2D eigenvalue weighted by atomic mass is 16.5. The Morgan fingerprint density at radius 2 is 2.04 bits per heavy atom. The van der Waals surface area contributed by atoms with Gasteiger partial charge in [0.15, 0.2) is 0 Å². The zero-order valence-electron chi connectivity index (χ0n) is 15.1. The lowest BCUT2D eigenvalue weighted by molar-refractivity contribution is 0.0702. The molecule has 4 rings (SSSR count). The van der Waals surface area contributed by atoms with Gasteiger partial charge in [-0.25, -0.2) is 4.68 Å². The molecular formula is C17H24N6O3. The average molecular weight is 360 g/mol. The van der Waals surface area contributed by atoms with E-state index >= 15 is 0 Å². The van der Waals surface area contributed by atoms with Gasteiger partial charge in [0.05, 0.1) is 25.4 Å². The molecule has 0 bridgehead atoms. The summed E-state index contributed by atoms with van der Waals surface area (Å²) >= 11 is 0. The van der Waals surface area contributed by atoms with E-state index in [1.807, 2.05) is 4.68 Å². The van der Waals surface area contributed by atoms with Gasteiger partial charge in [-0.15, -0.1) is 5.10 Å². The normalized spacial score (nSPS) is 18.4. The highest BCUT2D eigenvalue weighted by molar-refractivity contribution is 5.91. The van der Waals surface area contributed by atoms with Crippen molar-refractivity contribution < 1.29 is 14.1 Å². The van der Waals surface area contributed by atoms with E-state index in [4.69, 9.17) is 9.26 Å². The molecule has 0 unspecified atom stereocenters. The lowest BCUT2D eigenvalue weighted by Crippen LogP contribution is -2.32. The number of hydrogen-bond acceptors (Lipinski definition) is 7. The molecule has 2 aliphatic rings. The van der Waals surface area contributed by atoms with Crippen molar-refractivity contribution in [3.63, 3.8) is 0 Å². The van der Waals surface area contributed by atoms with Crippen LogP contribution >= 0.6 is 0 Å². The van der Waals surface area contributed by atoms with Crippen molar-refractivity contribution in [1.29, 1.82) is 0 Å². The molecule has 1 saturated heterocycles. The number of aromatic nitrogens is 4. The number of aryl methyl sites for hydroxylation is 1. The largest absolute Gasteiger partial charge is 0.479 e. The van der Waals surface area contributed by atoms with Crippen molar-refractivity contribution in [2.45, 2.75) is 45.3 Å². The Morgan fingerprint density at radius 1 is 1.19 bits per heavy atom. The smallest absolute Gasteiger partial charge is 0.292 e. The predicted molar refractivity (Wildman–Crippen MR) is 91.6 cm³/mol. The number of amides is 1. The topological polar surface area (TPSA) is 89.5 Å². The Hall–Kier alpha value is -2.42. The highest BCUT2D eigenvalue weighted by Gasteiger charge is 2.27. The van der Waals surface area contributed by atoms with Crippen LogP contribution in [0.3, 0.4) is 0 Å². The molecule has 0 aromatic carbocycles. The van der Waals surface area contributed by atoms with Gasteiger partial charge >= 0.3 is 0 Å². The molecule has 1 fully saturated rings. The quantitative estimate of drug-likeness (QED) is 0.812. The molecule has 0 spiro atoms. The lowest BCUT2D eigenvalue weighted by Gasteiger charge is -2.26. The number of hydrogen-bond donors (Lipinski definition) is 0. The Bertz CT molecular complexity index is 764. The molecular weight excluding hydrogens is 336 g/mol. The molecule has 0 radical (unpaired) electrons. The monoisotopic (exact) mass is 360 g/mol. The Morgan fingerprint density at radius 3 is 2.81 bits per heavy atom. The fraction of sp³-hybridized carbons (Fsp3) is 0.647. The number of nitrogens with zero attached hydrogens (tertiary/aromatic N) is 6. The molecule has 1 amide bonds. The Kier molecular flexibility index (Phi) is 4.87. The third kappa shape index (κ3) is 3.44. The van der Waals surface area contributed by atoms with Gasteiger partial charge in [0, 0.05) is 19.6 Å². The van der Waals surface area contributed by atoms with E-state index in [0.717, 1.165) is 44.0 Å². The van der Waals surface area contributed by atoms with Crippen LogP contribution < -0.4 is 4.74 Å². The number of ether oxygens (including phenoxy) is 1. The fourth-order valence-electron chi connectivity index (χ4n) is 3.63. The molecule has 9 nitrogen and oxygen atoms in total. The van der Waals surface area contributed by atoms with Crippen molar-refractivity contribution in [3.05, 3.63) is 23.2 Å². The molecule has 0 atom stereocenters. The minimum atomic E-state index is -0.181. The van der Waals surface area contributed by atoms with Crippen molar-refractivity contribution in [2.75, 3.05) is 26.7 Å². The minimum absolute atomic E-state index is 0.181. The second kappa shape index (κ2) is 7.45. The standard InChI is InChI=1S/C17H24N6O3/c1-25-16-10-15(26-19-16)17(24)22-8-5-9-23-14(12-22)13(18-20-23)11-21-6-3-2-4-7-21/h10H,2-9,11-12H2,1H3. The number of rotatable bonds is 4. The summed E-state index contributed by atoms with van der Waals surface area (Å²) in [7, 11) is 1.50. The first-order chi connectivity index (χ1) is 12.7. The number of methoxy groups -OCH3 is 1. The number of likely N-dealkylation sites (tertiary alicyclic amines) is 1. The molecule has 140 valence electrons. The molecule has 2 aliphatic heterocycles. The number of carbonyl (C=O) groups is 1. The maximum absolute atomic E-state index is 12.8. The molecule has 2 aromatic rings. The van der Waals surface area contributed by atoms with E-state index < -0.39 is 0 Å². The van der Waals surface area contributed by atoms with Crippen LogP contribution in [0.25, 0.3) is 0 Å². The third-order valence-corrected chi connectivity index (χ3v) is 5.07. The van der Waals surface area contributed by atoms with E-state index in [1.165, 1.54) is 32.4 Å². The summed E-state index contributed by atoms with van der Waals surface area (Å²) in [5, 5.41) is 12.4. The minimum Gasteiger partial charge on any atom is -0.479 e. The van der Waals surface area contributed by atoms with Crippen LogP contribution in [0.2, 0.25) is 0 Å². The summed E-state index contributed by atoms with van der Waals surface area (Å²) in [5.41, 5.74) is 2.00. The van der Waals surface area contributed by atoms with Crippen LogP contribution in [0, 0.1) is 0 Å². The molecule has 9 heteroatoms. The summed E-state index contributed by atoms with van der Waals surface area (Å²) in [6.07, 6.45) is 4.61. The predicted octanol–water partition coefficient (Wildman–Crippen LogP) is 1.31. The van der Waals surface area contributed by atoms with Gasteiger partial charge in [-0.05, 0) is 37.5 Å². The second-order valence-electron chi connectivity index (χ2n) is 6.86.